The van der Waals surface area contributed by atoms with Gasteiger partial charge in [-0.25, -0.2) is 9.97 Å². The zero-order chi connectivity index (χ0) is 29.6. The average molecular weight is 577 g/mol. The molecule has 0 unspecified atom stereocenters. The third-order valence-corrected chi connectivity index (χ3v) is 8.03. The molecular weight excluding hydrogens is 536 g/mol. The molecule has 42 heavy (non-hydrogen) atoms. The van der Waals surface area contributed by atoms with E-state index in [-0.39, 0.29) is 5.91 Å². The lowest BCUT2D eigenvalue weighted by molar-refractivity contribution is 0.0643. The number of piperazine rings is 2. The van der Waals surface area contributed by atoms with Crippen LogP contribution in [0.4, 0.5) is 11.5 Å². The minimum absolute atomic E-state index is 0.0376. The highest BCUT2D eigenvalue weighted by Gasteiger charge is 2.29. The summed E-state index contributed by atoms with van der Waals surface area (Å²) in [7, 11) is 6.42. The molecule has 3 aromatic rings. The minimum Gasteiger partial charge on any atom is -0.495 e. The summed E-state index contributed by atoms with van der Waals surface area (Å²) in [6.07, 6.45) is 1.67. The van der Waals surface area contributed by atoms with Crippen LogP contribution < -0.4 is 28.7 Å². The second-order valence-corrected chi connectivity index (χ2v) is 10.2. The van der Waals surface area contributed by atoms with Gasteiger partial charge in [0.25, 0.3) is 5.91 Å². The largest absolute Gasteiger partial charge is 0.495 e. The van der Waals surface area contributed by atoms with Gasteiger partial charge in [0.1, 0.15) is 17.1 Å². The van der Waals surface area contributed by atoms with Crippen LogP contribution in [0.15, 0.2) is 42.6 Å². The molecule has 0 atom stereocenters. The van der Waals surface area contributed by atoms with Crippen molar-refractivity contribution in [2.75, 3.05) is 97.1 Å². The zero-order valence-electron chi connectivity index (χ0n) is 25.1. The molecule has 1 amide bonds. The Morgan fingerprint density at radius 2 is 1.40 bits per heavy atom. The van der Waals surface area contributed by atoms with E-state index in [4.69, 9.17) is 23.9 Å². The summed E-state index contributed by atoms with van der Waals surface area (Å²) >= 11 is 0. The predicted molar refractivity (Wildman–Crippen MR) is 163 cm³/mol. The van der Waals surface area contributed by atoms with Crippen LogP contribution in [0.2, 0.25) is 0 Å². The molecule has 0 N–H and O–H groups in total. The van der Waals surface area contributed by atoms with Crippen molar-refractivity contribution < 1.29 is 23.7 Å². The lowest BCUT2D eigenvalue weighted by Gasteiger charge is -2.38. The Labute approximate surface area is 247 Å². The van der Waals surface area contributed by atoms with Crippen molar-refractivity contribution in [1.29, 1.82) is 0 Å². The van der Waals surface area contributed by atoms with Gasteiger partial charge in [0.2, 0.25) is 5.75 Å². The molecule has 2 saturated heterocycles. The smallest absolute Gasteiger partial charge is 0.259 e. The Kier molecular flexibility index (Phi) is 9.16. The van der Waals surface area contributed by atoms with Crippen LogP contribution in [0.1, 0.15) is 17.3 Å². The third-order valence-electron chi connectivity index (χ3n) is 8.03. The average Bonchev–Trinajstić information content (AvgIpc) is 3.07. The summed E-state index contributed by atoms with van der Waals surface area (Å²) in [5.41, 5.74) is 2.28. The van der Waals surface area contributed by atoms with E-state index in [9.17, 15) is 4.79 Å². The number of para-hydroxylation sites is 2. The normalized spacial score (nSPS) is 15.9. The first-order valence-corrected chi connectivity index (χ1v) is 14.3. The molecule has 0 radical (unpaired) electrons. The van der Waals surface area contributed by atoms with Crippen LogP contribution in [0.5, 0.6) is 23.0 Å². The van der Waals surface area contributed by atoms with Gasteiger partial charge in [-0.3, -0.25) is 4.79 Å². The Morgan fingerprint density at radius 1 is 0.786 bits per heavy atom. The molecule has 0 saturated carbocycles. The van der Waals surface area contributed by atoms with Gasteiger partial charge in [-0.1, -0.05) is 19.1 Å². The van der Waals surface area contributed by atoms with Crippen molar-refractivity contribution >= 4 is 17.4 Å². The molecule has 2 aliphatic rings. The van der Waals surface area contributed by atoms with Crippen molar-refractivity contribution in [3.05, 3.63) is 48.2 Å². The number of methoxy groups -OCH3 is 4. The highest BCUT2D eigenvalue weighted by Crippen LogP contribution is 2.41. The number of rotatable bonds is 9. The van der Waals surface area contributed by atoms with Crippen LogP contribution in [0.25, 0.3) is 11.4 Å². The predicted octanol–water partition coefficient (Wildman–Crippen LogP) is 3.28. The Bertz CT molecular complexity index is 1360. The molecule has 5 rings (SSSR count). The van der Waals surface area contributed by atoms with Crippen molar-refractivity contribution in [3.63, 3.8) is 0 Å². The van der Waals surface area contributed by atoms with Crippen LogP contribution in [0.3, 0.4) is 0 Å². The molecule has 2 aliphatic heterocycles. The number of nitrogens with zero attached hydrogens (tertiary/aromatic N) is 6. The summed E-state index contributed by atoms with van der Waals surface area (Å²) in [5, 5.41) is 0. The third kappa shape index (κ3) is 5.87. The molecule has 224 valence electrons. The number of ether oxygens (including phenoxy) is 4. The number of hydrogen-bond acceptors (Lipinski definition) is 10. The van der Waals surface area contributed by atoms with E-state index in [1.54, 1.807) is 34.6 Å². The molecule has 2 aromatic carbocycles. The van der Waals surface area contributed by atoms with Gasteiger partial charge in [0.15, 0.2) is 17.3 Å². The SMILES string of the molecule is CCN1CCN(C(=O)c2cnc(-c3cc(OC)c(OC)c(OC)c3)nc2N2CCN(c3ccccc3OC)CC2)CC1. The first-order chi connectivity index (χ1) is 20.5. The lowest BCUT2D eigenvalue weighted by atomic mass is 10.1. The fraction of sp³-hybridized carbons (Fsp3) is 0.452. The number of anilines is 2. The molecule has 11 heteroatoms. The maximum atomic E-state index is 13.9. The number of carbonyl (C=O) groups is 1. The van der Waals surface area contributed by atoms with Crippen LogP contribution in [0, 0.1) is 0 Å². The van der Waals surface area contributed by atoms with Gasteiger partial charge >= 0.3 is 0 Å². The summed E-state index contributed by atoms with van der Waals surface area (Å²) in [4.78, 5) is 32.3. The van der Waals surface area contributed by atoms with E-state index in [1.165, 1.54) is 0 Å². The van der Waals surface area contributed by atoms with Gasteiger partial charge in [0.05, 0.1) is 34.1 Å². The van der Waals surface area contributed by atoms with Crippen LogP contribution in [-0.4, -0.2) is 113 Å². The zero-order valence-corrected chi connectivity index (χ0v) is 25.1. The standard InChI is InChI=1S/C31H40N6O5/c1-6-34-11-13-37(14-12-34)31(38)23-21-32-29(22-19-26(40-3)28(42-5)27(20-22)41-4)33-30(23)36-17-15-35(16-18-36)24-9-7-8-10-25(24)39-2/h7-10,19-21H,6,11-18H2,1-5H3. The Balaban J connectivity index is 1.49. The highest BCUT2D eigenvalue weighted by atomic mass is 16.5. The van der Waals surface area contributed by atoms with Gasteiger partial charge < -0.3 is 38.5 Å². The molecule has 0 bridgehead atoms. The lowest BCUT2D eigenvalue weighted by Crippen LogP contribution is -2.50. The maximum absolute atomic E-state index is 13.9. The second kappa shape index (κ2) is 13.2. The molecule has 0 aliphatic carbocycles. The van der Waals surface area contributed by atoms with Crippen molar-refractivity contribution in [3.8, 4) is 34.4 Å². The van der Waals surface area contributed by atoms with Crippen molar-refractivity contribution in [1.82, 2.24) is 19.8 Å². The van der Waals surface area contributed by atoms with E-state index in [1.807, 2.05) is 35.2 Å². The molecule has 1 aromatic heterocycles. The number of hydrogen-bond donors (Lipinski definition) is 0. The number of carbonyl (C=O) groups excluding carboxylic acids is 1. The summed E-state index contributed by atoms with van der Waals surface area (Å²) in [6, 6.07) is 11.7. The molecular formula is C31H40N6O5. The maximum Gasteiger partial charge on any atom is 0.259 e. The second-order valence-electron chi connectivity index (χ2n) is 10.2. The summed E-state index contributed by atoms with van der Waals surface area (Å²) in [6.45, 7) is 9.11. The minimum atomic E-state index is -0.0376. The van der Waals surface area contributed by atoms with Crippen molar-refractivity contribution in [2.45, 2.75) is 6.92 Å². The van der Waals surface area contributed by atoms with E-state index < -0.39 is 0 Å². The fourth-order valence-electron chi connectivity index (χ4n) is 5.60. The van der Waals surface area contributed by atoms with Gasteiger partial charge in [-0.15, -0.1) is 0 Å². The van der Waals surface area contributed by atoms with Gasteiger partial charge in [0, 0.05) is 64.1 Å². The van der Waals surface area contributed by atoms with Crippen LogP contribution in [-0.2, 0) is 0 Å². The van der Waals surface area contributed by atoms with E-state index in [0.29, 0.717) is 66.2 Å². The van der Waals surface area contributed by atoms with Gasteiger partial charge in [-0.2, -0.15) is 0 Å². The van der Waals surface area contributed by atoms with E-state index in [2.05, 4.69) is 32.7 Å². The molecule has 3 heterocycles. The fourth-order valence-corrected chi connectivity index (χ4v) is 5.60. The number of aromatic nitrogens is 2. The monoisotopic (exact) mass is 576 g/mol. The Morgan fingerprint density at radius 3 is 2.00 bits per heavy atom. The quantitative estimate of drug-likeness (QED) is 0.378. The van der Waals surface area contributed by atoms with Crippen molar-refractivity contribution in [2.24, 2.45) is 0 Å². The topological polar surface area (TPSA) is 92.7 Å². The molecule has 0 spiro atoms. The Hall–Kier alpha value is -4.25. The van der Waals surface area contributed by atoms with E-state index in [0.717, 1.165) is 44.2 Å². The number of likely N-dealkylation sites (N-methyl/N-ethyl adjacent to an activating group) is 1. The highest BCUT2D eigenvalue weighted by molar-refractivity contribution is 5.99. The van der Waals surface area contributed by atoms with E-state index >= 15 is 0 Å². The first kappa shape index (κ1) is 29.2. The molecule has 11 nitrogen and oxygen atoms in total. The van der Waals surface area contributed by atoms with Gasteiger partial charge in [-0.05, 0) is 30.8 Å². The summed E-state index contributed by atoms with van der Waals surface area (Å²) in [5.74, 6) is 3.44. The van der Waals surface area contributed by atoms with Crippen LogP contribution >= 0.6 is 0 Å². The first-order valence-electron chi connectivity index (χ1n) is 14.3. The summed E-state index contributed by atoms with van der Waals surface area (Å²) < 4.78 is 22.2. The number of benzene rings is 2. The molecule has 2 fully saturated rings. The number of amides is 1.